The van der Waals surface area contributed by atoms with E-state index in [1.54, 1.807) is 6.04 Å². The fourth-order valence-corrected chi connectivity index (χ4v) is 4.31. The van der Waals surface area contributed by atoms with E-state index in [0.717, 1.165) is 5.54 Å². The van der Waals surface area contributed by atoms with Gasteiger partial charge in [0.15, 0.2) is 0 Å². The van der Waals surface area contributed by atoms with Crippen LogP contribution >= 0.6 is 0 Å². The quantitative estimate of drug-likeness (QED) is 0.413. The van der Waals surface area contributed by atoms with E-state index < -0.39 is 8.07 Å². The first-order chi connectivity index (χ1) is 5.13. The molecule has 0 aromatic heterocycles. The predicted molar refractivity (Wildman–Crippen MR) is 60.4 cm³/mol. The van der Waals surface area contributed by atoms with Crippen molar-refractivity contribution in [1.29, 1.82) is 0 Å². The van der Waals surface area contributed by atoms with E-state index in [2.05, 4.69) is 33.2 Å². The molecule has 12 heavy (non-hydrogen) atoms. The lowest BCUT2D eigenvalue weighted by atomic mass is 10.2. The topological polar surface area (TPSA) is 31.5 Å². The van der Waals surface area contributed by atoms with E-state index in [4.69, 9.17) is 0 Å². The van der Waals surface area contributed by atoms with Gasteiger partial charge in [-0.15, -0.1) is 13.2 Å². The molecule has 1 saturated heterocycles. The van der Waals surface area contributed by atoms with Crippen molar-refractivity contribution in [2.45, 2.75) is 50.9 Å². The number of rotatable bonds is 0. The number of hydrogen-bond donors (Lipinski definition) is 0. The molecule has 0 radical (unpaired) electrons. The summed E-state index contributed by atoms with van der Waals surface area (Å²) in [6, 6.07) is 1.58. The summed E-state index contributed by atoms with van der Waals surface area (Å²) in [4.78, 5) is 0. The van der Waals surface area contributed by atoms with Gasteiger partial charge < -0.3 is 5.48 Å². The van der Waals surface area contributed by atoms with Gasteiger partial charge in [-0.1, -0.05) is 45.3 Å². The van der Waals surface area contributed by atoms with Crippen molar-refractivity contribution < 1.29 is 5.48 Å². The minimum atomic E-state index is -0.694. The smallest absolute Gasteiger partial charge is 0.0502 e. The zero-order valence-electron chi connectivity index (χ0n) is 8.82. The fraction of sp³-hybridized carbons (Fsp3) is 0.800. The van der Waals surface area contributed by atoms with Crippen molar-refractivity contribution in [1.82, 2.24) is 0 Å². The van der Waals surface area contributed by atoms with Crippen LogP contribution in [0.4, 0.5) is 0 Å². The van der Waals surface area contributed by atoms with E-state index in [0.29, 0.717) is 0 Å². The molecule has 0 saturated carbocycles. The van der Waals surface area contributed by atoms with E-state index >= 15 is 0 Å². The van der Waals surface area contributed by atoms with Gasteiger partial charge in [0.05, 0.1) is 8.07 Å². The first-order valence-corrected chi connectivity index (χ1v) is 7.91. The molecule has 0 aromatic carbocycles. The van der Waals surface area contributed by atoms with E-state index in [1.165, 1.54) is 19.3 Å². The second-order valence-corrected chi connectivity index (χ2v) is 9.60. The lowest BCUT2D eigenvalue weighted by Crippen LogP contribution is -2.33. The maximum absolute atomic E-state index is 3.00. The molecule has 1 aliphatic heterocycles. The summed E-state index contributed by atoms with van der Waals surface area (Å²) in [6.07, 6.45) is 4.53. The molecule has 1 atom stereocenters. The van der Waals surface area contributed by atoms with Gasteiger partial charge in [-0.25, -0.2) is 0 Å². The minimum Gasteiger partial charge on any atom is -0.412 e. The van der Waals surface area contributed by atoms with Crippen molar-refractivity contribution in [3.8, 4) is 0 Å². The molecule has 1 fully saturated rings. The van der Waals surface area contributed by atoms with Crippen LogP contribution in [-0.2, 0) is 0 Å². The third kappa shape index (κ3) is 4.07. The Labute approximate surface area is 78.2 Å². The maximum Gasteiger partial charge on any atom is 0.0502 e. The molecule has 0 spiro atoms. The summed E-state index contributed by atoms with van der Waals surface area (Å²) in [5.74, 6) is 0. The first kappa shape index (κ1) is 14.4. The van der Waals surface area contributed by atoms with Crippen LogP contribution in [0, 0.1) is 0 Å². The van der Waals surface area contributed by atoms with Gasteiger partial charge in [-0.3, -0.25) is 0 Å². The Hall–Kier alpha value is -0.0831. The van der Waals surface area contributed by atoms with Crippen LogP contribution < -0.4 is 0 Å². The summed E-state index contributed by atoms with van der Waals surface area (Å²) in [6.45, 7) is 13.5. The fourth-order valence-electron chi connectivity index (χ4n) is 1.67. The summed E-state index contributed by atoms with van der Waals surface area (Å²) in [5, 5.41) is 0. The zero-order chi connectivity index (χ0) is 8.91. The highest BCUT2D eigenvalue weighted by Crippen LogP contribution is 2.36. The third-order valence-electron chi connectivity index (χ3n) is 3.04. The van der Waals surface area contributed by atoms with Crippen molar-refractivity contribution in [2.24, 2.45) is 0 Å². The van der Waals surface area contributed by atoms with Gasteiger partial charge in [0.1, 0.15) is 0 Å². The SMILES string of the molecule is C=C.CC1CCCC[Si]1(C)C.O. The van der Waals surface area contributed by atoms with Crippen molar-refractivity contribution in [3.63, 3.8) is 0 Å². The summed E-state index contributed by atoms with van der Waals surface area (Å²) in [5.41, 5.74) is 1.09. The standard InChI is InChI=1S/C8H18Si.C2H4.H2O/c1-8-6-4-5-7-9(8,2)3;1-2;/h8H,4-7H2,1-3H3;1-2H2;1H2. The lowest BCUT2D eigenvalue weighted by Gasteiger charge is -2.34. The average molecular weight is 188 g/mol. The van der Waals surface area contributed by atoms with E-state index in [-0.39, 0.29) is 5.48 Å². The molecule has 0 bridgehead atoms. The van der Waals surface area contributed by atoms with Crippen molar-refractivity contribution >= 4 is 8.07 Å². The van der Waals surface area contributed by atoms with Gasteiger partial charge in [-0.05, 0) is 5.54 Å². The van der Waals surface area contributed by atoms with E-state index in [9.17, 15) is 0 Å². The van der Waals surface area contributed by atoms with Crippen LogP contribution in [0.2, 0.25) is 24.7 Å². The Morgan fingerprint density at radius 1 is 1.17 bits per heavy atom. The highest BCUT2D eigenvalue weighted by atomic mass is 28.3. The third-order valence-corrected chi connectivity index (χ3v) is 7.64. The summed E-state index contributed by atoms with van der Waals surface area (Å²) >= 11 is 0. The highest BCUT2D eigenvalue weighted by Gasteiger charge is 2.30. The Balaban J connectivity index is 0. The van der Waals surface area contributed by atoms with Crippen LogP contribution in [0.5, 0.6) is 0 Å². The van der Waals surface area contributed by atoms with Crippen LogP contribution in [0.1, 0.15) is 26.2 Å². The molecular weight excluding hydrogens is 164 g/mol. The molecule has 2 N–H and O–H groups in total. The minimum absolute atomic E-state index is 0. The van der Waals surface area contributed by atoms with Gasteiger partial charge in [-0.2, -0.15) is 0 Å². The molecule has 1 unspecified atom stereocenters. The Morgan fingerprint density at radius 2 is 1.67 bits per heavy atom. The average Bonchev–Trinajstić information content (AvgIpc) is 2.00. The van der Waals surface area contributed by atoms with Crippen LogP contribution in [0.25, 0.3) is 0 Å². The van der Waals surface area contributed by atoms with E-state index in [1.807, 2.05) is 0 Å². The van der Waals surface area contributed by atoms with Gasteiger partial charge in [0.25, 0.3) is 0 Å². The van der Waals surface area contributed by atoms with Crippen LogP contribution in [-0.4, -0.2) is 13.6 Å². The Kier molecular flexibility index (Phi) is 7.74. The molecule has 1 rings (SSSR count). The van der Waals surface area contributed by atoms with Gasteiger partial charge in [0.2, 0.25) is 0 Å². The Bertz CT molecular complexity index is 112. The van der Waals surface area contributed by atoms with Crippen molar-refractivity contribution in [2.75, 3.05) is 0 Å². The second-order valence-electron chi connectivity index (χ2n) is 4.14. The van der Waals surface area contributed by atoms with Gasteiger partial charge >= 0.3 is 0 Å². The molecule has 0 amide bonds. The second kappa shape index (κ2) is 6.43. The monoisotopic (exact) mass is 188 g/mol. The van der Waals surface area contributed by atoms with Gasteiger partial charge in [0, 0.05) is 0 Å². The lowest BCUT2D eigenvalue weighted by molar-refractivity contribution is 0.635. The summed E-state index contributed by atoms with van der Waals surface area (Å²) in [7, 11) is -0.694. The Morgan fingerprint density at radius 3 is 1.92 bits per heavy atom. The van der Waals surface area contributed by atoms with Crippen LogP contribution in [0.15, 0.2) is 13.2 Å². The molecular formula is C10H24OSi. The summed E-state index contributed by atoms with van der Waals surface area (Å²) < 4.78 is 0. The predicted octanol–water partition coefficient (Wildman–Crippen LogP) is 3.25. The molecule has 1 nitrogen and oxygen atoms in total. The maximum atomic E-state index is 3.00. The molecule has 2 heteroatoms. The molecule has 0 aromatic rings. The molecule has 1 heterocycles. The number of hydrogen-bond acceptors (Lipinski definition) is 0. The van der Waals surface area contributed by atoms with Crippen LogP contribution in [0.3, 0.4) is 0 Å². The largest absolute Gasteiger partial charge is 0.412 e. The highest BCUT2D eigenvalue weighted by molar-refractivity contribution is 6.78. The molecule has 74 valence electrons. The molecule has 0 aliphatic carbocycles. The normalized spacial score (nSPS) is 26.1. The molecule has 1 aliphatic rings. The first-order valence-electron chi connectivity index (χ1n) is 4.63. The zero-order valence-corrected chi connectivity index (χ0v) is 9.82. The van der Waals surface area contributed by atoms with Crippen molar-refractivity contribution in [3.05, 3.63) is 13.2 Å².